The standard InChI is InChI=1S/C28H21ClF2N8O16S5.Li.Na/c29-21-26(30)34-28(31)35-27(21)33-14-3-6-17(57(43,44)45)16(11-14)37-39-24-19(59(49,50)51)10-12-9-18(58(46,47)48)23(22(32)20(12)25(24)40)38-36-13-1-4-15(5-2-13)56(41,42)8-7-55-60(52,53)54;;/h1-6,9-11,40H,7-8,32H2,(H,33,34,35)(H,43,44,45)(H,46,47,48)(H,49,50,51)(H,52,53,54);;/q;2*+1/p-2. The largest absolute Gasteiger partial charge is 1.00 e. The number of phenols is 1. The number of hydrogen-bond donors (Lipinski definition) is 5. The summed E-state index contributed by atoms with van der Waals surface area (Å²) in [5.74, 6) is -4.45. The van der Waals surface area contributed by atoms with Gasteiger partial charge >= 0.3 is 64.9 Å². The fraction of sp³-hybridized carbons (Fsp3) is 0.0714. The first kappa shape index (κ1) is 52.5. The SMILES string of the molecule is Nc1c(N=Nc2ccc(S(=O)(=O)CCOS(=O)(=O)O)cc2)c(S(=O)(=O)[O-])cc2cc(S(=O)(=O)[O-])c(N=Nc3cc(Nc4nc(F)nc(F)c4Cl)ccc3S(=O)(=O)O)c(O)c12.[Li+].[Na+]. The molecule has 0 aliphatic rings. The minimum Gasteiger partial charge on any atom is -0.744 e. The number of anilines is 3. The van der Waals surface area contributed by atoms with E-state index in [1.165, 1.54) is 0 Å². The number of hydrogen-bond acceptors (Lipinski definition) is 22. The summed E-state index contributed by atoms with van der Waals surface area (Å²) in [6.45, 7) is -0.947. The Morgan fingerprint density at radius 1 is 0.790 bits per heavy atom. The smallest absolute Gasteiger partial charge is 0.744 e. The molecule has 5 rings (SSSR count). The molecular weight excluding hydrogens is 968 g/mol. The maximum atomic E-state index is 13.9. The molecule has 0 radical (unpaired) electrons. The number of azo groups is 2. The van der Waals surface area contributed by atoms with Gasteiger partial charge in [-0.05, 0) is 60.0 Å². The van der Waals surface area contributed by atoms with E-state index in [1.54, 1.807) is 0 Å². The predicted octanol–water partition coefficient (Wildman–Crippen LogP) is -1.92. The van der Waals surface area contributed by atoms with E-state index in [-0.39, 0.29) is 59.8 Å². The third-order valence-electron chi connectivity index (χ3n) is 7.44. The Hall–Kier alpha value is -3.88. The van der Waals surface area contributed by atoms with Crippen molar-refractivity contribution < 1.29 is 127 Å². The average Bonchev–Trinajstić information content (AvgIpc) is 3.10. The Labute approximate surface area is 387 Å². The molecule has 1 aromatic heterocycles. The fourth-order valence-corrected chi connectivity index (χ4v) is 8.42. The molecule has 4 aromatic carbocycles. The molecule has 6 N–H and O–H groups in total. The summed E-state index contributed by atoms with van der Waals surface area (Å²) in [5, 5.41) is 25.7. The topological polar surface area (TPSA) is 400 Å². The van der Waals surface area contributed by atoms with Crippen molar-refractivity contribution in [3.63, 3.8) is 0 Å². The number of rotatable bonds is 14. The Balaban J connectivity index is 0.00000512. The Kier molecular flexibility index (Phi) is 16.5. The van der Waals surface area contributed by atoms with Crippen LogP contribution >= 0.6 is 11.6 Å². The number of fused-ring (bicyclic) bond motifs is 1. The van der Waals surface area contributed by atoms with E-state index in [1.807, 2.05) is 0 Å². The van der Waals surface area contributed by atoms with Gasteiger partial charge in [-0.1, -0.05) is 11.6 Å². The number of benzene rings is 4. The number of aromatic nitrogens is 2. The van der Waals surface area contributed by atoms with Crippen LogP contribution in [0.25, 0.3) is 10.8 Å². The molecule has 0 saturated carbocycles. The minimum absolute atomic E-state index is 0. The van der Waals surface area contributed by atoms with Crippen molar-refractivity contribution in [3.8, 4) is 5.75 Å². The van der Waals surface area contributed by atoms with E-state index in [0.29, 0.717) is 18.2 Å². The predicted molar refractivity (Wildman–Crippen MR) is 197 cm³/mol. The third kappa shape index (κ3) is 12.4. The van der Waals surface area contributed by atoms with Crippen molar-refractivity contribution >= 4 is 113 Å². The molecule has 0 fully saturated rings. The van der Waals surface area contributed by atoms with Crippen LogP contribution in [-0.2, 0) is 54.8 Å². The Morgan fingerprint density at radius 2 is 1.35 bits per heavy atom. The first-order chi connectivity index (χ1) is 27.6. The summed E-state index contributed by atoms with van der Waals surface area (Å²) >= 11 is 5.74. The number of nitrogens with two attached hydrogens (primary N) is 1. The molecule has 34 heteroatoms. The maximum absolute atomic E-state index is 13.9. The van der Waals surface area contributed by atoms with E-state index in [4.69, 9.17) is 21.9 Å². The average molecular weight is 987 g/mol. The molecule has 0 amide bonds. The number of sulfone groups is 1. The van der Waals surface area contributed by atoms with Gasteiger partial charge in [0, 0.05) is 5.69 Å². The fourth-order valence-electron chi connectivity index (χ4n) is 4.90. The molecule has 0 spiro atoms. The van der Waals surface area contributed by atoms with Gasteiger partial charge in [0.25, 0.3) is 10.1 Å². The summed E-state index contributed by atoms with van der Waals surface area (Å²) in [4.78, 5) is 1.85. The van der Waals surface area contributed by atoms with Crippen LogP contribution in [0.15, 0.2) is 94.6 Å². The second kappa shape index (κ2) is 19.5. The van der Waals surface area contributed by atoms with E-state index in [9.17, 15) is 69.6 Å². The molecule has 5 aromatic rings. The van der Waals surface area contributed by atoms with E-state index in [2.05, 4.69) is 39.9 Å². The molecule has 320 valence electrons. The normalized spacial score (nSPS) is 12.7. The van der Waals surface area contributed by atoms with Crippen molar-refractivity contribution in [3.05, 3.63) is 71.6 Å². The molecule has 1 heterocycles. The van der Waals surface area contributed by atoms with E-state index in [0.717, 1.165) is 36.4 Å². The van der Waals surface area contributed by atoms with Gasteiger partial charge in [0.2, 0.25) is 5.95 Å². The van der Waals surface area contributed by atoms with Crippen molar-refractivity contribution in [1.82, 2.24) is 9.97 Å². The van der Waals surface area contributed by atoms with Gasteiger partial charge in [-0.15, -0.1) is 15.3 Å². The number of halogens is 3. The van der Waals surface area contributed by atoms with Crippen molar-refractivity contribution in [1.29, 1.82) is 0 Å². The Morgan fingerprint density at radius 3 is 1.90 bits per heavy atom. The van der Waals surface area contributed by atoms with Gasteiger partial charge in [0.15, 0.2) is 21.4 Å². The zero-order valence-corrected chi connectivity index (χ0v) is 37.5. The van der Waals surface area contributed by atoms with Gasteiger partial charge in [0.05, 0.1) is 43.8 Å². The summed E-state index contributed by atoms with van der Waals surface area (Å²) < 4.78 is 195. The first-order valence-electron chi connectivity index (χ1n) is 15.2. The van der Waals surface area contributed by atoms with Crippen molar-refractivity contribution in [2.45, 2.75) is 19.6 Å². The summed E-state index contributed by atoms with van der Waals surface area (Å²) in [6.07, 6.45) is -1.58. The zero-order valence-electron chi connectivity index (χ0n) is 30.7. The second-order valence-corrected chi connectivity index (χ2v) is 19.1. The quantitative estimate of drug-likeness (QED) is 0.0202. The van der Waals surface area contributed by atoms with Gasteiger partial charge in [0.1, 0.15) is 47.2 Å². The second-order valence-electron chi connectivity index (χ2n) is 11.4. The summed E-state index contributed by atoms with van der Waals surface area (Å²) in [5.41, 5.74) is 1.52. The molecule has 62 heavy (non-hydrogen) atoms. The van der Waals surface area contributed by atoms with Gasteiger partial charge in [-0.3, -0.25) is 9.11 Å². The van der Waals surface area contributed by atoms with Crippen LogP contribution in [0.3, 0.4) is 0 Å². The zero-order chi connectivity index (χ0) is 44.7. The van der Waals surface area contributed by atoms with Crippen LogP contribution < -0.4 is 59.5 Å². The monoisotopic (exact) mass is 986 g/mol. The van der Waals surface area contributed by atoms with E-state index < -0.39 is 145 Å². The van der Waals surface area contributed by atoms with Crippen LogP contribution in [0.4, 0.5) is 48.7 Å². The van der Waals surface area contributed by atoms with Gasteiger partial charge in [-0.2, -0.15) is 40.7 Å². The molecule has 0 atom stereocenters. The Bertz CT molecular complexity index is 3250. The summed E-state index contributed by atoms with van der Waals surface area (Å²) in [6, 6.07) is 7.12. The molecule has 0 unspecified atom stereocenters. The number of phenolic OH excluding ortho intramolecular Hbond substituents is 1. The van der Waals surface area contributed by atoms with Crippen LogP contribution in [0, 0.1) is 12.0 Å². The molecule has 24 nitrogen and oxygen atoms in total. The third-order valence-corrected chi connectivity index (χ3v) is 12.5. The van der Waals surface area contributed by atoms with E-state index >= 15 is 0 Å². The van der Waals surface area contributed by atoms with Crippen LogP contribution in [0.1, 0.15) is 0 Å². The minimum atomic E-state index is -5.74. The van der Waals surface area contributed by atoms with Gasteiger partial charge < -0.3 is 25.3 Å². The number of nitrogen functional groups attached to an aromatic ring is 1. The molecular formula is C28H19ClF2LiN8NaO16S5. The number of nitrogens with zero attached hydrogens (tertiary/aromatic N) is 6. The van der Waals surface area contributed by atoms with Crippen molar-refractivity contribution in [2.24, 2.45) is 20.5 Å². The maximum Gasteiger partial charge on any atom is 1.00 e. The molecule has 0 saturated heterocycles. The number of nitrogens with one attached hydrogen (secondary N) is 1. The van der Waals surface area contributed by atoms with Crippen molar-refractivity contribution in [2.75, 3.05) is 23.4 Å². The number of aromatic hydroxyl groups is 1. The molecule has 0 aliphatic carbocycles. The van der Waals surface area contributed by atoms with Crippen LogP contribution in [0.5, 0.6) is 5.75 Å². The molecule has 0 aliphatic heterocycles. The summed E-state index contributed by atoms with van der Waals surface area (Å²) in [7, 11) is -25.7. The van der Waals surface area contributed by atoms with Crippen LogP contribution in [0.2, 0.25) is 5.02 Å². The van der Waals surface area contributed by atoms with Gasteiger partial charge in [-0.25, -0.2) is 29.4 Å². The first-order valence-corrected chi connectivity index (χ1v) is 22.8. The van der Waals surface area contributed by atoms with Crippen LogP contribution in [-0.4, -0.2) is 87.7 Å². The molecule has 0 bridgehead atoms.